The van der Waals surface area contributed by atoms with E-state index in [1.54, 1.807) is 0 Å². The van der Waals surface area contributed by atoms with Gasteiger partial charge in [-0.05, 0) is 23.8 Å². The number of hydrazone groups is 1. The summed E-state index contributed by atoms with van der Waals surface area (Å²) < 4.78 is 39.0. The highest BCUT2D eigenvalue weighted by atomic mass is 19.3. The SMILES string of the molecule is COc1cc(C(=O)OCC(=O)N2CCC(c3ccccc3)=N2)ccc1OC(F)F. The van der Waals surface area contributed by atoms with E-state index in [0.29, 0.717) is 13.0 Å². The summed E-state index contributed by atoms with van der Waals surface area (Å²) in [5.41, 5.74) is 1.74. The fourth-order valence-corrected chi connectivity index (χ4v) is 2.74. The third-order valence-corrected chi connectivity index (χ3v) is 4.14. The molecule has 0 spiro atoms. The average Bonchev–Trinajstić information content (AvgIpc) is 3.22. The Kier molecular flexibility index (Phi) is 6.38. The number of carbonyl (C=O) groups excluding carboxylic acids is 2. The van der Waals surface area contributed by atoms with Gasteiger partial charge in [0.1, 0.15) is 0 Å². The minimum atomic E-state index is -3.03. The maximum Gasteiger partial charge on any atom is 0.387 e. The molecule has 0 aromatic heterocycles. The van der Waals surface area contributed by atoms with Gasteiger partial charge in [0.25, 0.3) is 5.91 Å². The van der Waals surface area contributed by atoms with Crippen LogP contribution in [0.3, 0.4) is 0 Å². The summed E-state index contributed by atoms with van der Waals surface area (Å²) in [5, 5.41) is 5.54. The average molecular weight is 404 g/mol. The summed E-state index contributed by atoms with van der Waals surface area (Å²) in [4.78, 5) is 24.4. The van der Waals surface area contributed by atoms with Gasteiger partial charge in [0.15, 0.2) is 18.1 Å². The fraction of sp³-hybridized carbons (Fsp3) is 0.250. The fourth-order valence-electron chi connectivity index (χ4n) is 2.74. The first-order valence-electron chi connectivity index (χ1n) is 8.71. The monoisotopic (exact) mass is 404 g/mol. The molecule has 1 aliphatic rings. The lowest BCUT2D eigenvalue weighted by molar-refractivity contribution is -0.134. The van der Waals surface area contributed by atoms with Crippen molar-refractivity contribution >= 4 is 17.6 Å². The molecule has 7 nitrogen and oxygen atoms in total. The Morgan fingerprint density at radius 1 is 1.14 bits per heavy atom. The van der Waals surface area contributed by atoms with E-state index in [-0.39, 0.29) is 17.1 Å². The second-order valence-corrected chi connectivity index (χ2v) is 6.00. The van der Waals surface area contributed by atoms with E-state index in [1.807, 2.05) is 30.3 Å². The molecule has 1 heterocycles. The van der Waals surface area contributed by atoms with Gasteiger partial charge in [-0.2, -0.15) is 13.9 Å². The minimum absolute atomic E-state index is 0.0335. The molecule has 29 heavy (non-hydrogen) atoms. The highest BCUT2D eigenvalue weighted by Gasteiger charge is 2.23. The summed E-state index contributed by atoms with van der Waals surface area (Å²) >= 11 is 0. The molecule has 0 saturated heterocycles. The molecule has 2 aromatic carbocycles. The van der Waals surface area contributed by atoms with Crippen LogP contribution in [0.5, 0.6) is 11.5 Å². The Labute approximate surface area is 165 Å². The smallest absolute Gasteiger partial charge is 0.387 e. The summed E-state index contributed by atoms with van der Waals surface area (Å²) in [6.45, 7) is -3.13. The molecule has 3 rings (SSSR count). The lowest BCUT2D eigenvalue weighted by Crippen LogP contribution is -2.28. The number of rotatable bonds is 7. The molecule has 0 fully saturated rings. The third-order valence-electron chi connectivity index (χ3n) is 4.14. The minimum Gasteiger partial charge on any atom is -0.493 e. The molecular weight excluding hydrogens is 386 g/mol. The number of carbonyl (C=O) groups is 2. The normalized spacial score (nSPS) is 13.2. The van der Waals surface area contributed by atoms with Crippen LogP contribution in [0, 0.1) is 0 Å². The molecule has 1 aliphatic heterocycles. The van der Waals surface area contributed by atoms with Crippen LogP contribution in [0.1, 0.15) is 22.3 Å². The molecule has 0 saturated carbocycles. The predicted molar refractivity (Wildman–Crippen MR) is 99.2 cm³/mol. The molecule has 0 unspecified atom stereocenters. The van der Waals surface area contributed by atoms with Gasteiger partial charge in [-0.15, -0.1) is 0 Å². The van der Waals surface area contributed by atoms with Crippen molar-refractivity contribution in [3.63, 3.8) is 0 Å². The van der Waals surface area contributed by atoms with Crippen LogP contribution in [0.2, 0.25) is 0 Å². The van der Waals surface area contributed by atoms with Crippen LogP contribution in [-0.4, -0.2) is 49.5 Å². The van der Waals surface area contributed by atoms with Crippen molar-refractivity contribution < 1.29 is 32.6 Å². The molecular formula is C20H18F2N2O5. The molecule has 0 bridgehead atoms. The Bertz CT molecular complexity index is 918. The molecule has 1 amide bonds. The van der Waals surface area contributed by atoms with E-state index in [9.17, 15) is 18.4 Å². The molecule has 152 valence electrons. The zero-order valence-electron chi connectivity index (χ0n) is 15.5. The van der Waals surface area contributed by atoms with E-state index in [2.05, 4.69) is 9.84 Å². The first-order chi connectivity index (χ1) is 14.0. The van der Waals surface area contributed by atoms with Crippen molar-refractivity contribution in [3.8, 4) is 11.5 Å². The van der Waals surface area contributed by atoms with E-state index >= 15 is 0 Å². The van der Waals surface area contributed by atoms with Gasteiger partial charge >= 0.3 is 12.6 Å². The maximum absolute atomic E-state index is 12.4. The third kappa shape index (κ3) is 5.07. The van der Waals surface area contributed by atoms with Crippen LogP contribution in [0.15, 0.2) is 53.6 Å². The van der Waals surface area contributed by atoms with E-state index in [0.717, 1.165) is 11.3 Å². The predicted octanol–water partition coefficient (Wildman–Crippen LogP) is 3.09. The van der Waals surface area contributed by atoms with Crippen LogP contribution in [0.25, 0.3) is 0 Å². The largest absolute Gasteiger partial charge is 0.493 e. The number of hydrogen-bond donors (Lipinski definition) is 0. The lowest BCUT2D eigenvalue weighted by Gasteiger charge is -2.13. The summed E-state index contributed by atoms with van der Waals surface area (Å²) in [6, 6.07) is 13.1. The number of esters is 1. The topological polar surface area (TPSA) is 77.4 Å². The number of hydrogen-bond acceptors (Lipinski definition) is 6. The molecule has 9 heteroatoms. The van der Waals surface area contributed by atoms with Gasteiger partial charge in [0.05, 0.1) is 24.9 Å². The highest BCUT2D eigenvalue weighted by Crippen LogP contribution is 2.29. The molecule has 0 aliphatic carbocycles. The summed E-state index contributed by atoms with van der Waals surface area (Å²) in [6.07, 6.45) is 0.604. The van der Waals surface area contributed by atoms with Crippen molar-refractivity contribution in [2.75, 3.05) is 20.3 Å². The molecule has 0 radical (unpaired) electrons. The van der Waals surface area contributed by atoms with Crippen molar-refractivity contribution in [1.29, 1.82) is 0 Å². The van der Waals surface area contributed by atoms with Gasteiger partial charge in [0.2, 0.25) is 0 Å². The second kappa shape index (κ2) is 9.13. The number of halogens is 2. The lowest BCUT2D eigenvalue weighted by atomic mass is 10.1. The van der Waals surface area contributed by atoms with Crippen molar-refractivity contribution in [2.24, 2.45) is 5.10 Å². The molecule has 0 N–H and O–H groups in total. The first-order valence-corrected chi connectivity index (χ1v) is 8.71. The number of benzene rings is 2. The van der Waals surface area contributed by atoms with Crippen LogP contribution in [0.4, 0.5) is 8.78 Å². The van der Waals surface area contributed by atoms with Gasteiger partial charge < -0.3 is 14.2 Å². The number of amides is 1. The van der Waals surface area contributed by atoms with E-state index in [1.165, 1.54) is 30.3 Å². The Morgan fingerprint density at radius 3 is 2.59 bits per heavy atom. The Balaban J connectivity index is 1.59. The zero-order chi connectivity index (χ0) is 20.8. The van der Waals surface area contributed by atoms with Gasteiger partial charge in [-0.1, -0.05) is 30.3 Å². The van der Waals surface area contributed by atoms with Gasteiger partial charge in [-0.25, -0.2) is 9.80 Å². The molecule has 0 atom stereocenters. The van der Waals surface area contributed by atoms with Gasteiger partial charge in [0, 0.05) is 6.42 Å². The van der Waals surface area contributed by atoms with E-state index in [4.69, 9.17) is 9.47 Å². The standard InChI is InChI=1S/C20H18F2N2O5/c1-27-17-11-14(7-8-16(17)29-20(21)22)19(26)28-12-18(25)24-10-9-15(23-24)13-5-3-2-4-6-13/h2-8,11,20H,9-10,12H2,1H3. The quantitative estimate of drug-likeness (QED) is 0.663. The van der Waals surface area contributed by atoms with Crippen molar-refractivity contribution in [3.05, 3.63) is 59.7 Å². The number of nitrogens with zero attached hydrogens (tertiary/aromatic N) is 2. The summed E-state index contributed by atoms with van der Waals surface area (Å²) in [5.74, 6) is -1.53. The van der Waals surface area contributed by atoms with E-state index < -0.39 is 25.1 Å². The number of ether oxygens (including phenoxy) is 3. The number of methoxy groups -OCH3 is 1. The summed E-state index contributed by atoms with van der Waals surface area (Å²) in [7, 11) is 1.25. The Morgan fingerprint density at radius 2 is 1.90 bits per heavy atom. The zero-order valence-corrected chi connectivity index (χ0v) is 15.5. The second-order valence-electron chi connectivity index (χ2n) is 6.00. The van der Waals surface area contributed by atoms with Crippen LogP contribution >= 0.6 is 0 Å². The van der Waals surface area contributed by atoms with Crippen LogP contribution in [-0.2, 0) is 9.53 Å². The highest BCUT2D eigenvalue weighted by molar-refractivity contribution is 6.02. The van der Waals surface area contributed by atoms with Crippen molar-refractivity contribution in [2.45, 2.75) is 13.0 Å². The molecule has 2 aromatic rings. The van der Waals surface area contributed by atoms with Crippen molar-refractivity contribution in [1.82, 2.24) is 5.01 Å². The number of alkyl halides is 2. The Hall–Kier alpha value is -3.49. The first kappa shape index (κ1) is 20.2. The van der Waals surface area contributed by atoms with Gasteiger partial charge in [-0.3, -0.25) is 4.79 Å². The van der Waals surface area contributed by atoms with Crippen LogP contribution < -0.4 is 9.47 Å². The maximum atomic E-state index is 12.4.